The van der Waals surface area contributed by atoms with Gasteiger partial charge in [0.05, 0.1) is 6.04 Å². The summed E-state index contributed by atoms with van der Waals surface area (Å²) >= 11 is 0. The molecule has 2 nitrogen and oxygen atoms in total. The Morgan fingerprint density at radius 1 is 1.05 bits per heavy atom. The summed E-state index contributed by atoms with van der Waals surface area (Å²) in [6, 6.07) is 11.7. The van der Waals surface area contributed by atoms with Crippen molar-refractivity contribution in [2.45, 2.75) is 13.0 Å². The standard InChI is InChI=1S/C17H20F2N2/c1-4-20-17(14-6-5-7-15(18)16(14)19)12-8-10-13(11-9-12)21(2)3/h5-11,17,20H,4H2,1-3H3. The third kappa shape index (κ3) is 3.39. The SMILES string of the molecule is CCNC(c1ccc(N(C)C)cc1)c1cccc(F)c1F. The Balaban J connectivity index is 2.41. The molecule has 21 heavy (non-hydrogen) atoms. The Morgan fingerprint density at radius 2 is 1.71 bits per heavy atom. The van der Waals surface area contributed by atoms with Gasteiger partial charge in [-0.3, -0.25) is 0 Å². The molecule has 2 aromatic carbocycles. The van der Waals surface area contributed by atoms with Gasteiger partial charge in [0.15, 0.2) is 11.6 Å². The van der Waals surface area contributed by atoms with Crippen LogP contribution < -0.4 is 10.2 Å². The van der Waals surface area contributed by atoms with Crippen molar-refractivity contribution < 1.29 is 8.78 Å². The van der Waals surface area contributed by atoms with E-state index >= 15 is 0 Å². The number of hydrogen-bond donors (Lipinski definition) is 1. The first kappa shape index (κ1) is 15.4. The van der Waals surface area contributed by atoms with Gasteiger partial charge in [0.2, 0.25) is 0 Å². The molecule has 1 N–H and O–H groups in total. The van der Waals surface area contributed by atoms with Crippen LogP contribution in [0.4, 0.5) is 14.5 Å². The Hall–Kier alpha value is -1.94. The van der Waals surface area contributed by atoms with Gasteiger partial charge in [-0.15, -0.1) is 0 Å². The average molecular weight is 290 g/mol. The first-order valence-corrected chi connectivity index (χ1v) is 6.99. The molecule has 112 valence electrons. The molecular weight excluding hydrogens is 270 g/mol. The summed E-state index contributed by atoms with van der Waals surface area (Å²) in [6.45, 7) is 2.61. The molecule has 0 radical (unpaired) electrons. The molecule has 0 fully saturated rings. The van der Waals surface area contributed by atoms with E-state index in [9.17, 15) is 8.78 Å². The van der Waals surface area contributed by atoms with E-state index in [0.29, 0.717) is 12.1 Å². The van der Waals surface area contributed by atoms with Crippen molar-refractivity contribution in [1.29, 1.82) is 0 Å². The van der Waals surface area contributed by atoms with Crippen molar-refractivity contribution in [3.8, 4) is 0 Å². The van der Waals surface area contributed by atoms with Crippen LogP contribution in [0.15, 0.2) is 42.5 Å². The fourth-order valence-electron chi connectivity index (χ4n) is 2.32. The Labute approximate surface area is 124 Å². The number of hydrogen-bond acceptors (Lipinski definition) is 2. The van der Waals surface area contributed by atoms with Gasteiger partial charge in [0.25, 0.3) is 0 Å². The van der Waals surface area contributed by atoms with Crippen LogP contribution >= 0.6 is 0 Å². The highest BCUT2D eigenvalue weighted by molar-refractivity contribution is 5.47. The molecule has 0 aliphatic rings. The van der Waals surface area contributed by atoms with Crippen LogP contribution in [0, 0.1) is 11.6 Å². The summed E-state index contributed by atoms with van der Waals surface area (Å²) < 4.78 is 27.5. The summed E-state index contributed by atoms with van der Waals surface area (Å²) in [7, 11) is 3.92. The molecular formula is C17H20F2N2. The molecule has 4 heteroatoms. The molecule has 1 unspecified atom stereocenters. The quantitative estimate of drug-likeness (QED) is 0.902. The lowest BCUT2D eigenvalue weighted by Crippen LogP contribution is -2.23. The second-order valence-electron chi connectivity index (χ2n) is 5.12. The summed E-state index contributed by atoms with van der Waals surface area (Å²) in [4.78, 5) is 1.99. The van der Waals surface area contributed by atoms with Gasteiger partial charge in [-0.2, -0.15) is 0 Å². The highest BCUT2D eigenvalue weighted by Crippen LogP contribution is 2.27. The van der Waals surface area contributed by atoms with Gasteiger partial charge in [-0.1, -0.05) is 31.2 Å². The van der Waals surface area contributed by atoms with Gasteiger partial charge in [-0.25, -0.2) is 8.78 Å². The number of nitrogens with one attached hydrogen (secondary N) is 1. The minimum atomic E-state index is -0.819. The maximum atomic E-state index is 14.0. The van der Waals surface area contributed by atoms with Crippen LogP contribution in [0.2, 0.25) is 0 Å². The van der Waals surface area contributed by atoms with E-state index in [1.165, 1.54) is 6.07 Å². The first-order chi connectivity index (χ1) is 10.0. The third-order valence-corrected chi connectivity index (χ3v) is 3.44. The fourth-order valence-corrected chi connectivity index (χ4v) is 2.32. The first-order valence-electron chi connectivity index (χ1n) is 6.99. The zero-order chi connectivity index (χ0) is 15.4. The highest BCUT2D eigenvalue weighted by Gasteiger charge is 2.19. The molecule has 2 rings (SSSR count). The second kappa shape index (κ2) is 6.68. The van der Waals surface area contributed by atoms with Crippen molar-refractivity contribution >= 4 is 5.69 Å². The maximum absolute atomic E-state index is 14.0. The Kier molecular flexibility index (Phi) is 4.91. The minimum absolute atomic E-state index is 0.328. The largest absolute Gasteiger partial charge is 0.378 e. The molecule has 0 bridgehead atoms. The van der Waals surface area contributed by atoms with Crippen molar-refractivity contribution in [3.63, 3.8) is 0 Å². The van der Waals surface area contributed by atoms with E-state index in [-0.39, 0.29) is 6.04 Å². The van der Waals surface area contributed by atoms with E-state index < -0.39 is 11.6 Å². The van der Waals surface area contributed by atoms with Crippen LogP contribution in [0.25, 0.3) is 0 Å². The molecule has 0 aliphatic carbocycles. The van der Waals surface area contributed by atoms with E-state index in [0.717, 1.165) is 17.3 Å². The molecule has 0 heterocycles. The van der Waals surface area contributed by atoms with E-state index in [1.807, 2.05) is 50.2 Å². The van der Waals surface area contributed by atoms with Gasteiger partial charge in [0.1, 0.15) is 0 Å². The molecule has 0 aromatic heterocycles. The number of anilines is 1. The smallest absolute Gasteiger partial charge is 0.163 e. The summed E-state index contributed by atoms with van der Waals surface area (Å²) in [6.07, 6.45) is 0. The summed E-state index contributed by atoms with van der Waals surface area (Å²) in [5.74, 6) is -1.61. The summed E-state index contributed by atoms with van der Waals surface area (Å²) in [5.41, 5.74) is 2.30. The lowest BCUT2D eigenvalue weighted by molar-refractivity contribution is 0.483. The van der Waals surface area contributed by atoms with E-state index in [2.05, 4.69) is 5.32 Å². The zero-order valence-electron chi connectivity index (χ0n) is 12.5. The third-order valence-electron chi connectivity index (χ3n) is 3.44. The number of nitrogens with zero attached hydrogens (tertiary/aromatic N) is 1. The zero-order valence-corrected chi connectivity index (χ0v) is 12.5. The molecule has 1 atom stereocenters. The lowest BCUT2D eigenvalue weighted by atomic mass is 9.97. The minimum Gasteiger partial charge on any atom is -0.378 e. The predicted octanol–water partition coefficient (Wildman–Crippen LogP) is 3.73. The van der Waals surface area contributed by atoms with E-state index in [1.54, 1.807) is 6.07 Å². The molecule has 0 aliphatic heterocycles. The molecule has 2 aromatic rings. The van der Waals surface area contributed by atoms with E-state index in [4.69, 9.17) is 0 Å². The normalized spacial score (nSPS) is 12.2. The van der Waals surface area contributed by atoms with Gasteiger partial charge in [0, 0.05) is 25.3 Å². The van der Waals surface area contributed by atoms with Crippen LogP contribution in [0.5, 0.6) is 0 Å². The van der Waals surface area contributed by atoms with Crippen LogP contribution in [0.3, 0.4) is 0 Å². The molecule has 0 saturated heterocycles. The number of halogens is 2. The number of benzene rings is 2. The van der Waals surface area contributed by atoms with Crippen molar-refractivity contribution in [2.24, 2.45) is 0 Å². The molecule has 0 amide bonds. The lowest BCUT2D eigenvalue weighted by Gasteiger charge is -2.21. The second-order valence-corrected chi connectivity index (χ2v) is 5.12. The number of rotatable bonds is 5. The Morgan fingerprint density at radius 3 is 2.29 bits per heavy atom. The van der Waals surface area contributed by atoms with Crippen LogP contribution in [0.1, 0.15) is 24.1 Å². The van der Waals surface area contributed by atoms with Crippen LogP contribution in [-0.4, -0.2) is 20.6 Å². The van der Waals surface area contributed by atoms with Crippen molar-refractivity contribution in [3.05, 3.63) is 65.2 Å². The Bertz CT molecular complexity index is 594. The van der Waals surface area contributed by atoms with Crippen LogP contribution in [-0.2, 0) is 0 Å². The van der Waals surface area contributed by atoms with Crippen molar-refractivity contribution in [2.75, 3.05) is 25.5 Å². The monoisotopic (exact) mass is 290 g/mol. The highest BCUT2D eigenvalue weighted by atomic mass is 19.2. The predicted molar refractivity (Wildman–Crippen MR) is 82.6 cm³/mol. The van der Waals surface area contributed by atoms with Gasteiger partial charge >= 0.3 is 0 Å². The van der Waals surface area contributed by atoms with Gasteiger partial charge < -0.3 is 10.2 Å². The average Bonchev–Trinajstić information content (AvgIpc) is 2.48. The molecule has 0 spiro atoms. The summed E-state index contributed by atoms with van der Waals surface area (Å²) in [5, 5.41) is 3.21. The van der Waals surface area contributed by atoms with Gasteiger partial charge in [-0.05, 0) is 30.3 Å². The maximum Gasteiger partial charge on any atom is 0.163 e. The van der Waals surface area contributed by atoms with Crippen molar-refractivity contribution in [1.82, 2.24) is 5.32 Å². The fraction of sp³-hybridized carbons (Fsp3) is 0.294. The topological polar surface area (TPSA) is 15.3 Å². The molecule has 0 saturated carbocycles.